The van der Waals surface area contributed by atoms with Crippen molar-refractivity contribution in [3.8, 4) is 0 Å². The Labute approximate surface area is 125 Å². The van der Waals surface area contributed by atoms with Crippen molar-refractivity contribution < 1.29 is 14.7 Å². The molecule has 2 amide bonds. The van der Waals surface area contributed by atoms with E-state index in [0.29, 0.717) is 12.8 Å². The lowest BCUT2D eigenvalue weighted by Gasteiger charge is -2.26. The molecule has 0 bridgehead atoms. The highest BCUT2D eigenvalue weighted by molar-refractivity contribution is 5.90. The highest BCUT2D eigenvalue weighted by Gasteiger charge is 2.35. The van der Waals surface area contributed by atoms with Crippen LogP contribution in [0.3, 0.4) is 0 Å². The van der Waals surface area contributed by atoms with E-state index in [4.69, 9.17) is 0 Å². The molecule has 21 heavy (non-hydrogen) atoms. The van der Waals surface area contributed by atoms with Gasteiger partial charge < -0.3 is 15.7 Å². The van der Waals surface area contributed by atoms with Crippen molar-refractivity contribution >= 4 is 17.7 Å². The fourth-order valence-corrected chi connectivity index (χ4v) is 2.25. The number of hydrogen-bond donors (Lipinski definition) is 3. The fraction of sp³-hybridized carbons (Fsp3) is 0.500. The van der Waals surface area contributed by atoms with Gasteiger partial charge in [-0.3, -0.25) is 4.79 Å². The van der Waals surface area contributed by atoms with Gasteiger partial charge >= 0.3 is 12.0 Å². The molecule has 0 aromatic heterocycles. The third kappa shape index (κ3) is 4.21. The molecule has 1 rings (SSSR count). The van der Waals surface area contributed by atoms with Gasteiger partial charge in [-0.1, -0.05) is 31.5 Å². The van der Waals surface area contributed by atoms with Crippen molar-refractivity contribution in [1.29, 1.82) is 0 Å². The van der Waals surface area contributed by atoms with Crippen LogP contribution in [0.15, 0.2) is 18.2 Å². The first-order valence-electron chi connectivity index (χ1n) is 7.20. The predicted octanol–water partition coefficient (Wildman–Crippen LogP) is 3.32. The number of aryl methyl sites for hydroxylation is 2. The van der Waals surface area contributed by atoms with Crippen LogP contribution in [-0.4, -0.2) is 23.7 Å². The van der Waals surface area contributed by atoms with E-state index >= 15 is 0 Å². The number of carbonyl (C=O) groups excluding carboxylic acids is 1. The first kappa shape index (κ1) is 17.0. The van der Waals surface area contributed by atoms with Gasteiger partial charge in [-0.2, -0.15) is 0 Å². The van der Waals surface area contributed by atoms with E-state index in [9.17, 15) is 14.7 Å². The summed E-state index contributed by atoms with van der Waals surface area (Å²) in [5.41, 5.74) is 1.92. The lowest BCUT2D eigenvalue weighted by Crippen LogP contribution is -2.43. The van der Waals surface area contributed by atoms with Crippen LogP contribution >= 0.6 is 0 Å². The second-order valence-corrected chi connectivity index (χ2v) is 5.42. The number of benzene rings is 1. The van der Waals surface area contributed by atoms with E-state index < -0.39 is 11.4 Å². The molecule has 0 atom stereocenters. The highest BCUT2D eigenvalue weighted by Crippen LogP contribution is 2.25. The second kappa shape index (κ2) is 7.11. The van der Waals surface area contributed by atoms with Gasteiger partial charge in [-0.05, 0) is 38.3 Å². The van der Waals surface area contributed by atoms with Gasteiger partial charge in [0.2, 0.25) is 0 Å². The zero-order valence-corrected chi connectivity index (χ0v) is 13.1. The molecular formula is C16H24N2O3. The van der Waals surface area contributed by atoms with Crippen molar-refractivity contribution in [3.05, 3.63) is 29.3 Å². The first-order valence-corrected chi connectivity index (χ1v) is 7.20. The summed E-state index contributed by atoms with van der Waals surface area (Å²) in [6.45, 7) is 7.66. The zero-order valence-electron chi connectivity index (χ0n) is 13.1. The topological polar surface area (TPSA) is 78.4 Å². The quantitative estimate of drug-likeness (QED) is 0.752. The summed E-state index contributed by atoms with van der Waals surface area (Å²) in [7, 11) is 0. The van der Waals surface area contributed by atoms with Gasteiger partial charge in [0, 0.05) is 12.2 Å². The number of urea groups is 1. The van der Waals surface area contributed by atoms with E-state index in [1.54, 1.807) is 0 Å². The Kier molecular flexibility index (Phi) is 5.76. The molecule has 5 nitrogen and oxygen atoms in total. The fourth-order valence-electron chi connectivity index (χ4n) is 2.25. The van der Waals surface area contributed by atoms with Crippen LogP contribution in [0.2, 0.25) is 0 Å². The van der Waals surface area contributed by atoms with Crippen LogP contribution in [0.25, 0.3) is 0 Å². The number of carbonyl (C=O) groups is 2. The van der Waals surface area contributed by atoms with Crippen molar-refractivity contribution in [2.75, 3.05) is 11.9 Å². The van der Waals surface area contributed by atoms with Crippen LogP contribution in [0.1, 0.15) is 37.8 Å². The number of rotatable bonds is 6. The summed E-state index contributed by atoms with van der Waals surface area (Å²) >= 11 is 0. The van der Waals surface area contributed by atoms with Gasteiger partial charge in [0.25, 0.3) is 0 Å². The maximum absolute atomic E-state index is 11.9. The minimum absolute atomic E-state index is 0.117. The molecule has 0 aliphatic rings. The number of amides is 2. The summed E-state index contributed by atoms with van der Waals surface area (Å²) in [6.07, 6.45) is 0.950. The van der Waals surface area contributed by atoms with E-state index in [2.05, 4.69) is 10.6 Å². The predicted molar refractivity (Wildman–Crippen MR) is 83.6 cm³/mol. The van der Waals surface area contributed by atoms with Crippen LogP contribution in [0.5, 0.6) is 0 Å². The second-order valence-electron chi connectivity index (χ2n) is 5.42. The van der Waals surface area contributed by atoms with Crippen LogP contribution < -0.4 is 10.6 Å². The van der Waals surface area contributed by atoms with Crippen molar-refractivity contribution in [3.63, 3.8) is 0 Å². The Balaban J connectivity index is 2.67. The molecule has 5 heteroatoms. The lowest BCUT2D eigenvalue weighted by molar-refractivity contribution is -0.149. The van der Waals surface area contributed by atoms with E-state index in [1.807, 2.05) is 45.9 Å². The largest absolute Gasteiger partial charge is 0.481 e. The summed E-state index contributed by atoms with van der Waals surface area (Å²) in [5.74, 6) is -0.876. The monoisotopic (exact) mass is 292 g/mol. The lowest BCUT2D eigenvalue weighted by atomic mass is 9.82. The Bertz CT molecular complexity index is 522. The molecule has 0 spiro atoms. The third-order valence-electron chi connectivity index (χ3n) is 4.02. The maximum atomic E-state index is 11.9. The highest BCUT2D eigenvalue weighted by atomic mass is 16.4. The van der Waals surface area contributed by atoms with Gasteiger partial charge in [-0.15, -0.1) is 0 Å². The average Bonchev–Trinajstić information content (AvgIpc) is 2.43. The van der Waals surface area contributed by atoms with Crippen molar-refractivity contribution in [2.24, 2.45) is 5.41 Å². The van der Waals surface area contributed by atoms with Crippen LogP contribution in [0, 0.1) is 19.3 Å². The van der Waals surface area contributed by atoms with Crippen LogP contribution in [-0.2, 0) is 4.79 Å². The Morgan fingerprint density at radius 2 is 1.81 bits per heavy atom. The molecule has 0 saturated heterocycles. The molecule has 0 unspecified atom stereocenters. The molecule has 3 N–H and O–H groups in total. The average molecular weight is 292 g/mol. The Hall–Kier alpha value is -2.04. The molecule has 0 fully saturated rings. The first-order chi connectivity index (χ1) is 9.84. The number of carboxylic acid groups (broad SMARTS) is 1. The van der Waals surface area contributed by atoms with Crippen LogP contribution in [0.4, 0.5) is 10.5 Å². The Morgan fingerprint density at radius 1 is 1.19 bits per heavy atom. The molecule has 0 aliphatic heterocycles. The molecule has 0 radical (unpaired) electrons. The number of aliphatic carboxylic acids is 1. The van der Waals surface area contributed by atoms with E-state index in [-0.39, 0.29) is 12.6 Å². The molecule has 1 aromatic carbocycles. The number of nitrogens with one attached hydrogen (secondary N) is 2. The summed E-state index contributed by atoms with van der Waals surface area (Å²) < 4.78 is 0. The molecule has 0 heterocycles. The van der Waals surface area contributed by atoms with Gasteiger partial charge in [0.15, 0.2) is 0 Å². The molecule has 0 saturated carbocycles. The normalized spacial score (nSPS) is 11.0. The van der Waals surface area contributed by atoms with E-state index in [0.717, 1.165) is 16.8 Å². The zero-order chi connectivity index (χ0) is 16.0. The molecule has 1 aromatic rings. The van der Waals surface area contributed by atoms with E-state index in [1.165, 1.54) is 0 Å². The summed E-state index contributed by atoms with van der Waals surface area (Å²) in [4.78, 5) is 23.3. The summed E-state index contributed by atoms with van der Waals surface area (Å²) in [6, 6.07) is 5.36. The minimum Gasteiger partial charge on any atom is -0.481 e. The SMILES string of the molecule is CCC(CC)(CNC(=O)Nc1ccc(C)cc1C)C(=O)O. The summed E-state index contributed by atoms with van der Waals surface area (Å²) in [5, 5.41) is 14.7. The van der Waals surface area contributed by atoms with Gasteiger partial charge in [0.1, 0.15) is 0 Å². The molecule has 0 aliphatic carbocycles. The number of hydrogen-bond acceptors (Lipinski definition) is 2. The maximum Gasteiger partial charge on any atom is 0.319 e. The van der Waals surface area contributed by atoms with Gasteiger partial charge in [-0.25, -0.2) is 4.79 Å². The van der Waals surface area contributed by atoms with Gasteiger partial charge in [0.05, 0.1) is 5.41 Å². The van der Waals surface area contributed by atoms with Crippen molar-refractivity contribution in [1.82, 2.24) is 5.32 Å². The molecular weight excluding hydrogens is 268 g/mol. The smallest absolute Gasteiger partial charge is 0.319 e. The van der Waals surface area contributed by atoms with Crippen molar-refractivity contribution in [2.45, 2.75) is 40.5 Å². The molecule has 116 valence electrons. The number of carboxylic acids is 1. The Morgan fingerprint density at radius 3 is 2.29 bits per heavy atom. The standard InChI is InChI=1S/C16H24N2O3/c1-5-16(6-2,14(19)20)10-17-15(21)18-13-8-7-11(3)9-12(13)4/h7-9H,5-6,10H2,1-4H3,(H,19,20)(H2,17,18,21). The number of anilines is 1. The third-order valence-corrected chi connectivity index (χ3v) is 4.02. The minimum atomic E-state index is -0.903.